The largest absolute Gasteiger partial charge is 0.495 e. The van der Waals surface area contributed by atoms with E-state index in [2.05, 4.69) is 10.6 Å². The lowest BCUT2D eigenvalue weighted by atomic mass is 10.1. The second-order valence-corrected chi connectivity index (χ2v) is 5.22. The van der Waals surface area contributed by atoms with Gasteiger partial charge in [-0.25, -0.2) is 4.79 Å². The third kappa shape index (κ3) is 5.31. The molecule has 0 saturated carbocycles. The number of methoxy groups -OCH3 is 1. The van der Waals surface area contributed by atoms with Crippen LogP contribution in [0.3, 0.4) is 0 Å². The third-order valence-electron chi connectivity index (χ3n) is 3.42. The quantitative estimate of drug-likeness (QED) is 0.722. The first kappa shape index (κ1) is 17.3. The van der Waals surface area contributed by atoms with Crippen molar-refractivity contribution in [2.75, 3.05) is 17.7 Å². The van der Waals surface area contributed by atoms with Crippen LogP contribution in [0.15, 0.2) is 48.5 Å². The van der Waals surface area contributed by atoms with Crippen LogP contribution < -0.4 is 15.4 Å². The molecule has 0 unspecified atom stereocenters. The Morgan fingerprint density at radius 1 is 1.04 bits per heavy atom. The fourth-order valence-electron chi connectivity index (χ4n) is 2.23. The highest BCUT2D eigenvalue weighted by atomic mass is 16.5. The summed E-state index contributed by atoms with van der Waals surface area (Å²) in [5.41, 5.74) is 2.28. The van der Waals surface area contributed by atoms with Gasteiger partial charge in [0.1, 0.15) is 5.75 Å². The number of ether oxygens (including phenoxy) is 1. The van der Waals surface area contributed by atoms with E-state index >= 15 is 0 Å². The zero-order chi connectivity index (χ0) is 17.4. The van der Waals surface area contributed by atoms with E-state index in [1.165, 1.54) is 0 Å². The van der Waals surface area contributed by atoms with Crippen molar-refractivity contribution in [1.82, 2.24) is 0 Å². The number of amides is 2. The molecular formula is C18H20N2O4. The van der Waals surface area contributed by atoms with Gasteiger partial charge in [0.15, 0.2) is 0 Å². The van der Waals surface area contributed by atoms with E-state index in [9.17, 15) is 9.59 Å². The molecule has 3 N–H and O–H groups in total. The van der Waals surface area contributed by atoms with Crippen molar-refractivity contribution in [3.63, 3.8) is 0 Å². The molecule has 2 rings (SSSR count). The number of urea groups is 1. The number of carboxylic acids is 1. The number of para-hydroxylation sites is 2. The van der Waals surface area contributed by atoms with E-state index in [4.69, 9.17) is 9.84 Å². The summed E-state index contributed by atoms with van der Waals surface area (Å²) in [6.07, 6.45) is 1.44. The Morgan fingerprint density at radius 2 is 1.75 bits per heavy atom. The predicted molar refractivity (Wildman–Crippen MR) is 92.7 cm³/mol. The highest BCUT2D eigenvalue weighted by molar-refractivity contribution is 6.00. The lowest BCUT2D eigenvalue weighted by Gasteiger charge is -2.11. The number of anilines is 2. The Morgan fingerprint density at radius 3 is 2.42 bits per heavy atom. The number of rotatable bonds is 7. The normalized spacial score (nSPS) is 10.0. The van der Waals surface area contributed by atoms with E-state index in [-0.39, 0.29) is 12.5 Å². The van der Waals surface area contributed by atoms with Gasteiger partial charge in [0.25, 0.3) is 0 Å². The summed E-state index contributed by atoms with van der Waals surface area (Å²) < 4.78 is 5.18. The minimum atomic E-state index is -0.790. The summed E-state index contributed by atoms with van der Waals surface area (Å²) in [5, 5.41) is 14.1. The molecule has 2 aromatic carbocycles. The summed E-state index contributed by atoms with van der Waals surface area (Å²) in [4.78, 5) is 22.5. The van der Waals surface area contributed by atoms with Gasteiger partial charge >= 0.3 is 12.0 Å². The molecule has 6 heteroatoms. The number of carbonyl (C=O) groups is 2. The van der Waals surface area contributed by atoms with Gasteiger partial charge in [-0.3, -0.25) is 4.79 Å². The molecule has 2 aromatic rings. The molecule has 0 radical (unpaired) electrons. The molecule has 0 aliphatic carbocycles. The summed E-state index contributed by atoms with van der Waals surface area (Å²) >= 11 is 0. The van der Waals surface area contributed by atoms with E-state index in [1.807, 2.05) is 24.3 Å². The van der Waals surface area contributed by atoms with E-state index in [0.717, 1.165) is 5.56 Å². The fraction of sp³-hybridized carbons (Fsp3) is 0.222. The van der Waals surface area contributed by atoms with Gasteiger partial charge in [-0.15, -0.1) is 0 Å². The van der Waals surface area contributed by atoms with Gasteiger partial charge < -0.3 is 20.5 Å². The second-order valence-electron chi connectivity index (χ2n) is 5.22. The number of benzene rings is 2. The topological polar surface area (TPSA) is 87.7 Å². The first-order valence-electron chi connectivity index (χ1n) is 7.60. The molecular weight excluding hydrogens is 308 g/mol. The first-order chi connectivity index (χ1) is 11.6. The van der Waals surface area contributed by atoms with Crippen LogP contribution in [0.4, 0.5) is 16.2 Å². The molecule has 24 heavy (non-hydrogen) atoms. The summed E-state index contributed by atoms with van der Waals surface area (Å²) in [6.45, 7) is 0. The molecule has 0 aliphatic rings. The van der Waals surface area contributed by atoms with Crippen LogP contribution >= 0.6 is 0 Å². The minimum Gasteiger partial charge on any atom is -0.495 e. The molecule has 0 heterocycles. The van der Waals surface area contributed by atoms with Crippen molar-refractivity contribution in [1.29, 1.82) is 0 Å². The van der Waals surface area contributed by atoms with Gasteiger partial charge in [-0.1, -0.05) is 24.3 Å². The molecule has 2 amide bonds. The zero-order valence-electron chi connectivity index (χ0n) is 13.4. The molecule has 0 fully saturated rings. The Hall–Kier alpha value is -3.02. The monoisotopic (exact) mass is 328 g/mol. The third-order valence-corrected chi connectivity index (χ3v) is 3.42. The lowest BCUT2D eigenvalue weighted by Crippen LogP contribution is -2.19. The SMILES string of the molecule is COc1ccccc1NC(=O)Nc1ccc(CCCC(=O)O)cc1. The maximum absolute atomic E-state index is 12.0. The Bertz CT molecular complexity index is 698. The number of carboxylic acid groups (broad SMARTS) is 1. The van der Waals surface area contributed by atoms with Crippen LogP contribution in [0.25, 0.3) is 0 Å². The number of aryl methyl sites for hydroxylation is 1. The molecule has 0 bridgehead atoms. The van der Waals surface area contributed by atoms with Crippen LogP contribution in [-0.4, -0.2) is 24.2 Å². The van der Waals surface area contributed by atoms with Crippen molar-refractivity contribution in [2.45, 2.75) is 19.3 Å². The average molecular weight is 328 g/mol. The van der Waals surface area contributed by atoms with Gasteiger partial charge in [0, 0.05) is 12.1 Å². The zero-order valence-corrected chi connectivity index (χ0v) is 13.4. The van der Waals surface area contributed by atoms with Crippen molar-refractivity contribution in [3.8, 4) is 5.75 Å². The fourth-order valence-corrected chi connectivity index (χ4v) is 2.23. The van der Waals surface area contributed by atoms with Gasteiger partial charge in [-0.05, 0) is 42.7 Å². The standard InChI is InChI=1S/C18H20N2O4/c1-24-16-7-3-2-6-15(16)20-18(23)19-14-11-9-13(10-12-14)5-4-8-17(21)22/h2-3,6-7,9-12H,4-5,8H2,1H3,(H,21,22)(H2,19,20,23). The number of hydrogen-bond donors (Lipinski definition) is 3. The second kappa shape index (κ2) is 8.57. The van der Waals surface area contributed by atoms with Gasteiger partial charge in [-0.2, -0.15) is 0 Å². The molecule has 0 spiro atoms. The lowest BCUT2D eigenvalue weighted by molar-refractivity contribution is -0.137. The highest BCUT2D eigenvalue weighted by Gasteiger charge is 2.07. The molecule has 6 nitrogen and oxygen atoms in total. The number of aliphatic carboxylic acids is 1. The smallest absolute Gasteiger partial charge is 0.323 e. The Kier molecular flexibility index (Phi) is 6.19. The van der Waals surface area contributed by atoms with E-state index < -0.39 is 5.97 Å². The van der Waals surface area contributed by atoms with Crippen LogP contribution in [0.1, 0.15) is 18.4 Å². The number of carbonyl (C=O) groups excluding carboxylic acids is 1. The highest BCUT2D eigenvalue weighted by Crippen LogP contribution is 2.23. The molecule has 0 aliphatic heterocycles. The van der Waals surface area contributed by atoms with Crippen LogP contribution in [0, 0.1) is 0 Å². The van der Waals surface area contributed by atoms with Crippen LogP contribution in [-0.2, 0) is 11.2 Å². The van der Waals surface area contributed by atoms with Crippen molar-refractivity contribution in [2.24, 2.45) is 0 Å². The Balaban J connectivity index is 1.88. The predicted octanol–water partition coefficient (Wildman–Crippen LogP) is 3.75. The summed E-state index contributed by atoms with van der Waals surface area (Å²) in [6, 6.07) is 14.1. The van der Waals surface area contributed by atoms with E-state index in [1.54, 1.807) is 31.4 Å². The van der Waals surface area contributed by atoms with Gasteiger partial charge in [0.05, 0.1) is 12.8 Å². The van der Waals surface area contributed by atoms with Crippen LogP contribution in [0.5, 0.6) is 5.75 Å². The van der Waals surface area contributed by atoms with Crippen molar-refractivity contribution < 1.29 is 19.4 Å². The van der Waals surface area contributed by atoms with Crippen molar-refractivity contribution >= 4 is 23.4 Å². The van der Waals surface area contributed by atoms with E-state index in [0.29, 0.717) is 30.0 Å². The van der Waals surface area contributed by atoms with Crippen molar-refractivity contribution in [3.05, 3.63) is 54.1 Å². The van der Waals surface area contributed by atoms with Crippen LogP contribution in [0.2, 0.25) is 0 Å². The molecule has 126 valence electrons. The summed E-state index contributed by atoms with van der Waals surface area (Å²) in [7, 11) is 1.54. The van der Waals surface area contributed by atoms with Gasteiger partial charge in [0.2, 0.25) is 0 Å². The average Bonchev–Trinajstić information content (AvgIpc) is 2.56. The minimum absolute atomic E-state index is 0.154. The molecule has 0 atom stereocenters. The molecule has 0 aromatic heterocycles. The first-order valence-corrected chi connectivity index (χ1v) is 7.60. The Labute approximate surface area is 140 Å². The maximum Gasteiger partial charge on any atom is 0.323 e. The number of hydrogen-bond acceptors (Lipinski definition) is 3. The summed E-state index contributed by atoms with van der Waals surface area (Å²) in [5.74, 6) is -0.206. The number of nitrogens with one attached hydrogen (secondary N) is 2. The molecule has 0 saturated heterocycles. The maximum atomic E-state index is 12.0.